The highest BCUT2D eigenvalue weighted by Crippen LogP contribution is 2.35. The Morgan fingerprint density at radius 2 is 1.87 bits per heavy atom. The highest BCUT2D eigenvalue weighted by atomic mass is 19.1. The lowest BCUT2D eigenvalue weighted by Crippen LogP contribution is -2.47. The zero-order valence-electron chi connectivity index (χ0n) is 18.1. The number of nitrogens with zero attached hydrogens (tertiary/aromatic N) is 1. The van der Waals surface area contributed by atoms with Crippen molar-refractivity contribution in [3.8, 4) is 5.75 Å². The summed E-state index contributed by atoms with van der Waals surface area (Å²) >= 11 is 0. The average molecular weight is 414 g/mol. The molecule has 2 aromatic carbocycles. The Morgan fingerprint density at radius 3 is 2.50 bits per heavy atom. The summed E-state index contributed by atoms with van der Waals surface area (Å²) in [7, 11) is 1.76. The summed E-state index contributed by atoms with van der Waals surface area (Å²) in [5.41, 5.74) is 2.93. The molecule has 6 heteroatoms. The van der Waals surface area contributed by atoms with E-state index in [1.54, 1.807) is 20.0 Å². The Bertz CT molecular complexity index is 846. The molecule has 0 saturated carbocycles. The van der Waals surface area contributed by atoms with Crippen LogP contribution in [-0.4, -0.2) is 39.4 Å². The monoisotopic (exact) mass is 413 g/mol. The first-order chi connectivity index (χ1) is 14.6. The highest BCUT2D eigenvalue weighted by molar-refractivity contribution is 5.79. The lowest BCUT2D eigenvalue weighted by atomic mass is 9.74. The molecule has 1 heterocycles. The van der Waals surface area contributed by atoms with Gasteiger partial charge in [0.15, 0.2) is 5.96 Å². The number of ether oxygens (including phenoxy) is 2. The molecule has 0 aliphatic carbocycles. The zero-order chi connectivity index (χ0) is 21.4. The van der Waals surface area contributed by atoms with E-state index in [0.29, 0.717) is 18.7 Å². The first-order valence-electron chi connectivity index (χ1n) is 10.6. The van der Waals surface area contributed by atoms with Gasteiger partial charge in [0.1, 0.15) is 11.6 Å². The second-order valence-electron chi connectivity index (χ2n) is 7.71. The summed E-state index contributed by atoms with van der Waals surface area (Å²) in [5.74, 6) is 1.44. The van der Waals surface area contributed by atoms with Gasteiger partial charge in [0.05, 0.1) is 6.61 Å². The number of aliphatic imine (C=N–C) groups is 1. The molecular formula is C24H32FN3O2. The largest absolute Gasteiger partial charge is 0.494 e. The maximum absolute atomic E-state index is 13.5. The fourth-order valence-corrected chi connectivity index (χ4v) is 3.88. The Morgan fingerprint density at radius 1 is 1.13 bits per heavy atom. The van der Waals surface area contributed by atoms with Gasteiger partial charge < -0.3 is 20.1 Å². The SMILES string of the molecule is CCOc1ccc(C2(CNC(=NC)NCc3ccc(F)c(C)c3)CCOCC2)cc1. The summed E-state index contributed by atoms with van der Waals surface area (Å²) in [6.07, 6.45) is 1.89. The van der Waals surface area contributed by atoms with E-state index in [1.807, 2.05) is 25.1 Å². The van der Waals surface area contributed by atoms with Gasteiger partial charge in [-0.15, -0.1) is 0 Å². The predicted octanol–water partition coefficient (Wildman–Crippen LogP) is 3.95. The normalized spacial score (nSPS) is 16.2. The number of guanidine groups is 1. The molecule has 5 nitrogen and oxygen atoms in total. The van der Waals surface area contributed by atoms with Crippen LogP contribution in [0.3, 0.4) is 0 Å². The van der Waals surface area contributed by atoms with Crippen LogP contribution in [0, 0.1) is 12.7 Å². The number of nitrogens with one attached hydrogen (secondary N) is 2. The lowest BCUT2D eigenvalue weighted by molar-refractivity contribution is 0.0513. The van der Waals surface area contributed by atoms with Gasteiger partial charge in [0, 0.05) is 38.8 Å². The molecule has 1 aliphatic rings. The maximum atomic E-state index is 13.5. The first-order valence-corrected chi connectivity index (χ1v) is 10.6. The summed E-state index contributed by atoms with van der Waals surface area (Å²) in [4.78, 5) is 4.36. The van der Waals surface area contributed by atoms with Crippen molar-refractivity contribution in [2.75, 3.05) is 33.4 Å². The standard InChI is InChI=1S/C24H32FN3O2/c1-4-30-21-8-6-20(7-9-21)24(11-13-29-14-12-24)17-28-23(26-3)27-16-19-5-10-22(25)18(2)15-19/h5-10,15H,4,11-14,16-17H2,1-3H3,(H2,26,27,28). The molecular weight excluding hydrogens is 381 g/mol. The molecule has 0 unspecified atom stereocenters. The summed E-state index contributed by atoms with van der Waals surface area (Å²) in [5, 5.41) is 6.82. The topological polar surface area (TPSA) is 54.9 Å². The van der Waals surface area contributed by atoms with Crippen LogP contribution >= 0.6 is 0 Å². The Hall–Kier alpha value is -2.60. The first kappa shape index (κ1) is 22.1. The highest BCUT2D eigenvalue weighted by Gasteiger charge is 2.34. The van der Waals surface area contributed by atoms with Crippen LogP contribution in [0.5, 0.6) is 5.75 Å². The van der Waals surface area contributed by atoms with Gasteiger partial charge in [-0.25, -0.2) is 4.39 Å². The van der Waals surface area contributed by atoms with Gasteiger partial charge in [-0.2, -0.15) is 0 Å². The molecule has 1 saturated heterocycles. The maximum Gasteiger partial charge on any atom is 0.191 e. The molecule has 0 spiro atoms. The van der Waals surface area contributed by atoms with Gasteiger partial charge in [0.2, 0.25) is 0 Å². The van der Waals surface area contributed by atoms with Gasteiger partial charge in [-0.3, -0.25) is 4.99 Å². The molecule has 162 valence electrons. The van der Waals surface area contributed by atoms with Crippen molar-refractivity contribution in [3.63, 3.8) is 0 Å². The summed E-state index contributed by atoms with van der Waals surface area (Å²) < 4.78 is 24.7. The predicted molar refractivity (Wildman–Crippen MR) is 119 cm³/mol. The summed E-state index contributed by atoms with van der Waals surface area (Å²) in [6.45, 7) is 7.26. The van der Waals surface area contributed by atoms with Crippen molar-refractivity contribution >= 4 is 5.96 Å². The van der Waals surface area contributed by atoms with E-state index in [2.05, 4.69) is 27.8 Å². The minimum atomic E-state index is -0.182. The molecule has 3 rings (SSSR count). The van der Waals surface area contributed by atoms with Crippen molar-refractivity contribution in [2.45, 2.75) is 38.6 Å². The molecule has 0 radical (unpaired) electrons. The van der Waals surface area contributed by atoms with E-state index in [0.717, 1.165) is 49.9 Å². The van der Waals surface area contributed by atoms with E-state index in [-0.39, 0.29) is 11.2 Å². The lowest BCUT2D eigenvalue weighted by Gasteiger charge is -2.38. The van der Waals surface area contributed by atoms with E-state index < -0.39 is 0 Å². The molecule has 1 fully saturated rings. The minimum absolute atomic E-state index is 0.0208. The molecule has 2 N–H and O–H groups in total. The van der Waals surface area contributed by atoms with Crippen molar-refractivity contribution in [2.24, 2.45) is 4.99 Å². The molecule has 0 amide bonds. The molecule has 1 aliphatic heterocycles. The number of rotatable bonds is 7. The van der Waals surface area contributed by atoms with E-state index in [1.165, 1.54) is 11.6 Å². The van der Waals surface area contributed by atoms with Gasteiger partial charge in [-0.05, 0) is 61.6 Å². The number of halogens is 1. The quantitative estimate of drug-likeness (QED) is 0.533. The molecule has 2 aromatic rings. The smallest absolute Gasteiger partial charge is 0.191 e. The van der Waals surface area contributed by atoms with Crippen LogP contribution in [0.2, 0.25) is 0 Å². The van der Waals surface area contributed by atoms with Gasteiger partial charge in [-0.1, -0.05) is 24.3 Å². The number of benzene rings is 2. The molecule has 0 atom stereocenters. The second kappa shape index (κ2) is 10.4. The number of aryl methyl sites for hydroxylation is 1. The zero-order valence-corrected chi connectivity index (χ0v) is 18.1. The Labute approximate surface area is 178 Å². The summed E-state index contributed by atoms with van der Waals surface area (Å²) in [6, 6.07) is 13.6. The van der Waals surface area contributed by atoms with Crippen molar-refractivity contribution in [1.82, 2.24) is 10.6 Å². The Kier molecular flexibility index (Phi) is 7.69. The van der Waals surface area contributed by atoms with Crippen LogP contribution in [-0.2, 0) is 16.7 Å². The van der Waals surface area contributed by atoms with Crippen molar-refractivity contribution < 1.29 is 13.9 Å². The van der Waals surface area contributed by atoms with Crippen LogP contribution in [0.4, 0.5) is 4.39 Å². The van der Waals surface area contributed by atoms with Crippen molar-refractivity contribution in [1.29, 1.82) is 0 Å². The van der Waals surface area contributed by atoms with E-state index in [9.17, 15) is 4.39 Å². The van der Waals surface area contributed by atoms with Crippen LogP contribution < -0.4 is 15.4 Å². The fraction of sp³-hybridized carbons (Fsp3) is 0.458. The third kappa shape index (κ3) is 5.51. The minimum Gasteiger partial charge on any atom is -0.494 e. The molecule has 0 bridgehead atoms. The van der Waals surface area contributed by atoms with E-state index >= 15 is 0 Å². The molecule has 30 heavy (non-hydrogen) atoms. The van der Waals surface area contributed by atoms with Gasteiger partial charge >= 0.3 is 0 Å². The van der Waals surface area contributed by atoms with E-state index in [4.69, 9.17) is 9.47 Å². The van der Waals surface area contributed by atoms with Crippen LogP contribution in [0.15, 0.2) is 47.5 Å². The van der Waals surface area contributed by atoms with Crippen LogP contribution in [0.25, 0.3) is 0 Å². The number of hydrogen-bond acceptors (Lipinski definition) is 3. The Balaban J connectivity index is 1.66. The number of hydrogen-bond donors (Lipinski definition) is 2. The third-order valence-electron chi connectivity index (χ3n) is 5.73. The van der Waals surface area contributed by atoms with Crippen molar-refractivity contribution in [3.05, 3.63) is 65.0 Å². The van der Waals surface area contributed by atoms with Crippen LogP contribution in [0.1, 0.15) is 36.5 Å². The molecule has 0 aromatic heterocycles. The fourth-order valence-electron chi connectivity index (χ4n) is 3.88. The van der Waals surface area contributed by atoms with Gasteiger partial charge in [0.25, 0.3) is 0 Å². The third-order valence-corrected chi connectivity index (χ3v) is 5.73. The average Bonchev–Trinajstić information content (AvgIpc) is 2.77. The second-order valence-corrected chi connectivity index (χ2v) is 7.71.